The summed E-state index contributed by atoms with van der Waals surface area (Å²) in [5.74, 6) is -0.465. The van der Waals surface area contributed by atoms with Crippen LogP contribution < -0.4 is 4.90 Å². The van der Waals surface area contributed by atoms with Crippen LogP contribution in [0.25, 0.3) is 0 Å². The van der Waals surface area contributed by atoms with E-state index in [1.54, 1.807) is 17.0 Å². The Bertz CT molecular complexity index is 678. The van der Waals surface area contributed by atoms with Crippen LogP contribution in [0.1, 0.15) is 15.9 Å². The number of hydrogen-bond acceptors (Lipinski definition) is 2. The maximum Gasteiger partial charge on any atom is 0.254 e. The fourth-order valence-electron chi connectivity index (χ4n) is 2.80. The van der Waals surface area contributed by atoms with Gasteiger partial charge in [0, 0.05) is 37.4 Å². The lowest BCUT2D eigenvalue weighted by atomic mass is 10.1. The van der Waals surface area contributed by atoms with E-state index < -0.39 is 0 Å². The highest BCUT2D eigenvalue weighted by molar-refractivity contribution is 5.94. The minimum Gasteiger partial charge on any atom is -0.368 e. The molecule has 1 amide bonds. The molecule has 2 aromatic carbocycles. The monoisotopic (exact) mass is 298 g/mol. The van der Waals surface area contributed by atoms with Crippen LogP contribution in [0.15, 0.2) is 48.5 Å². The van der Waals surface area contributed by atoms with E-state index in [-0.39, 0.29) is 11.7 Å². The third-order valence-corrected chi connectivity index (χ3v) is 4.01. The van der Waals surface area contributed by atoms with Crippen molar-refractivity contribution in [1.82, 2.24) is 4.90 Å². The summed E-state index contributed by atoms with van der Waals surface area (Å²) in [7, 11) is 0. The fraction of sp³-hybridized carbons (Fsp3) is 0.278. The van der Waals surface area contributed by atoms with Gasteiger partial charge < -0.3 is 9.80 Å². The van der Waals surface area contributed by atoms with Crippen molar-refractivity contribution in [3.63, 3.8) is 0 Å². The number of rotatable bonds is 2. The molecule has 4 heteroatoms. The second kappa shape index (κ2) is 6.18. The Labute approximate surface area is 130 Å². The number of nitrogens with zero attached hydrogens (tertiary/aromatic N) is 2. The number of carbonyl (C=O) groups excluding carboxylic acids is 1. The molecule has 1 aliphatic rings. The lowest BCUT2D eigenvalue weighted by Crippen LogP contribution is -2.48. The summed E-state index contributed by atoms with van der Waals surface area (Å²) < 4.78 is 13.2. The first-order valence-electron chi connectivity index (χ1n) is 7.50. The molecule has 0 atom stereocenters. The molecular weight excluding hydrogens is 279 g/mol. The van der Waals surface area contributed by atoms with Crippen LogP contribution >= 0.6 is 0 Å². The highest BCUT2D eigenvalue weighted by atomic mass is 19.1. The maximum atomic E-state index is 13.2. The van der Waals surface area contributed by atoms with Crippen molar-refractivity contribution in [2.45, 2.75) is 6.92 Å². The van der Waals surface area contributed by atoms with Crippen molar-refractivity contribution in [3.8, 4) is 0 Å². The summed E-state index contributed by atoms with van der Waals surface area (Å²) in [5.41, 5.74) is 2.85. The Balaban J connectivity index is 1.65. The highest BCUT2D eigenvalue weighted by Gasteiger charge is 2.22. The summed E-state index contributed by atoms with van der Waals surface area (Å²) >= 11 is 0. The summed E-state index contributed by atoms with van der Waals surface area (Å²) in [5, 5.41) is 0. The largest absolute Gasteiger partial charge is 0.368 e. The molecule has 0 bridgehead atoms. The summed E-state index contributed by atoms with van der Waals surface area (Å²) in [6.07, 6.45) is 0. The molecule has 1 fully saturated rings. The first-order valence-corrected chi connectivity index (χ1v) is 7.50. The van der Waals surface area contributed by atoms with Gasteiger partial charge in [0.1, 0.15) is 5.82 Å². The first kappa shape index (κ1) is 14.6. The van der Waals surface area contributed by atoms with E-state index in [9.17, 15) is 9.18 Å². The molecule has 1 heterocycles. The second-order valence-electron chi connectivity index (χ2n) is 5.63. The van der Waals surface area contributed by atoms with Gasteiger partial charge in [-0.25, -0.2) is 4.39 Å². The Morgan fingerprint density at radius 3 is 2.41 bits per heavy atom. The van der Waals surface area contributed by atoms with E-state index in [4.69, 9.17) is 0 Å². The van der Waals surface area contributed by atoms with Crippen LogP contribution in [0.4, 0.5) is 10.1 Å². The molecule has 0 N–H and O–H groups in total. The van der Waals surface area contributed by atoms with Crippen molar-refractivity contribution < 1.29 is 9.18 Å². The minimum atomic E-state index is -0.371. The van der Waals surface area contributed by atoms with Gasteiger partial charge in [-0.2, -0.15) is 0 Å². The van der Waals surface area contributed by atoms with Gasteiger partial charge in [-0.3, -0.25) is 4.79 Å². The summed E-state index contributed by atoms with van der Waals surface area (Å²) in [4.78, 5) is 16.5. The second-order valence-corrected chi connectivity index (χ2v) is 5.63. The number of anilines is 1. The molecule has 0 aliphatic carbocycles. The fourth-order valence-corrected chi connectivity index (χ4v) is 2.80. The zero-order valence-corrected chi connectivity index (χ0v) is 12.6. The minimum absolute atomic E-state index is 0.0941. The van der Waals surface area contributed by atoms with E-state index in [1.165, 1.54) is 23.4 Å². The van der Waals surface area contributed by atoms with E-state index in [2.05, 4.69) is 36.1 Å². The number of amides is 1. The predicted octanol–water partition coefficient (Wildman–Crippen LogP) is 3.10. The lowest BCUT2D eigenvalue weighted by molar-refractivity contribution is 0.0746. The van der Waals surface area contributed by atoms with Gasteiger partial charge in [-0.05, 0) is 42.8 Å². The molecule has 3 nitrogen and oxygen atoms in total. The molecule has 22 heavy (non-hydrogen) atoms. The van der Waals surface area contributed by atoms with Crippen molar-refractivity contribution in [3.05, 3.63) is 65.5 Å². The smallest absolute Gasteiger partial charge is 0.254 e. The van der Waals surface area contributed by atoms with E-state index in [0.29, 0.717) is 18.7 Å². The van der Waals surface area contributed by atoms with Crippen molar-refractivity contribution >= 4 is 11.6 Å². The number of halogens is 1. The van der Waals surface area contributed by atoms with Crippen molar-refractivity contribution in [2.75, 3.05) is 31.1 Å². The molecule has 114 valence electrons. The Kier molecular flexibility index (Phi) is 4.09. The number of aryl methyl sites for hydroxylation is 1. The summed E-state index contributed by atoms with van der Waals surface area (Å²) in [6, 6.07) is 14.3. The van der Waals surface area contributed by atoms with Gasteiger partial charge in [0.2, 0.25) is 0 Å². The number of carbonyl (C=O) groups is 1. The highest BCUT2D eigenvalue weighted by Crippen LogP contribution is 2.18. The Hall–Kier alpha value is -2.36. The molecule has 0 saturated carbocycles. The molecule has 0 unspecified atom stereocenters. The SMILES string of the molecule is Cc1cccc(N2CCN(C(=O)c3cccc(F)c3)CC2)c1. The van der Waals surface area contributed by atoms with Gasteiger partial charge in [-0.15, -0.1) is 0 Å². The number of piperazine rings is 1. The van der Waals surface area contributed by atoms with Crippen molar-refractivity contribution in [2.24, 2.45) is 0 Å². The van der Waals surface area contributed by atoms with Crippen LogP contribution in [0.2, 0.25) is 0 Å². The third-order valence-electron chi connectivity index (χ3n) is 4.01. The average molecular weight is 298 g/mol. The van der Waals surface area contributed by atoms with Gasteiger partial charge in [-0.1, -0.05) is 18.2 Å². The molecule has 3 rings (SSSR count). The first-order chi connectivity index (χ1) is 10.6. The van der Waals surface area contributed by atoms with E-state index in [0.717, 1.165) is 13.1 Å². The molecule has 1 aliphatic heterocycles. The quantitative estimate of drug-likeness (QED) is 0.850. The topological polar surface area (TPSA) is 23.6 Å². The standard InChI is InChI=1S/C18H19FN2O/c1-14-4-2-7-17(12-14)20-8-10-21(11-9-20)18(22)15-5-3-6-16(19)13-15/h2-7,12-13H,8-11H2,1H3. The van der Waals surface area contributed by atoms with Crippen molar-refractivity contribution in [1.29, 1.82) is 0 Å². The van der Waals surface area contributed by atoms with Crippen LogP contribution in [0.5, 0.6) is 0 Å². The van der Waals surface area contributed by atoms with Gasteiger partial charge in [0.25, 0.3) is 5.91 Å². The van der Waals surface area contributed by atoms with Crippen LogP contribution in [-0.2, 0) is 0 Å². The maximum absolute atomic E-state index is 13.2. The zero-order valence-electron chi connectivity index (χ0n) is 12.6. The molecule has 1 saturated heterocycles. The molecule has 0 spiro atoms. The van der Waals surface area contributed by atoms with Gasteiger partial charge in [0.15, 0.2) is 0 Å². The predicted molar refractivity (Wildman–Crippen MR) is 85.7 cm³/mol. The molecular formula is C18H19FN2O. The van der Waals surface area contributed by atoms with Gasteiger partial charge in [0.05, 0.1) is 0 Å². The summed E-state index contributed by atoms with van der Waals surface area (Å²) in [6.45, 7) is 4.98. The average Bonchev–Trinajstić information content (AvgIpc) is 2.54. The molecule has 2 aromatic rings. The normalized spacial score (nSPS) is 15.0. The van der Waals surface area contributed by atoms with E-state index in [1.807, 2.05) is 0 Å². The Morgan fingerprint density at radius 1 is 1.00 bits per heavy atom. The van der Waals surface area contributed by atoms with E-state index >= 15 is 0 Å². The Morgan fingerprint density at radius 2 is 1.73 bits per heavy atom. The van der Waals surface area contributed by atoms with Crippen LogP contribution in [0.3, 0.4) is 0 Å². The number of hydrogen-bond donors (Lipinski definition) is 0. The number of benzene rings is 2. The van der Waals surface area contributed by atoms with Gasteiger partial charge >= 0.3 is 0 Å². The van der Waals surface area contributed by atoms with Crippen LogP contribution in [0, 0.1) is 12.7 Å². The third kappa shape index (κ3) is 3.11. The molecule has 0 radical (unpaired) electrons. The zero-order chi connectivity index (χ0) is 15.5. The van der Waals surface area contributed by atoms with Crippen LogP contribution in [-0.4, -0.2) is 37.0 Å². The molecule has 0 aromatic heterocycles. The lowest BCUT2D eigenvalue weighted by Gasteiger charge is -2.36.